The van der Waals surface area contributed by atoms with Gasteiger partial charge >= 0.3 is 0 Å². The summed E-state index contributed by atoms with van der Waals surface area (Å²) in [6, 6.07) is 6.15. The molecule has 2 aromatic heterocycles. The lowest BCUT2D eigenvalue weighted by atomic mass is 10.1. The molecule has 2 N–H and O–H groups in total. The molecule has 3 rings (SSSR count). The number of anilines is 1. The zero-order valence-electron chi connectivity index (χ0n) is 10.7. The van der Waals surface area contributed by atoms with Gasteiger partial charge in [0.2, 0.25) is 5.82 Å². The van der Waals surface area contributed by atoms with Crippen LogP contribution < -0.4 is 5.73 Å². The molecule has 0 fully saturated rings. The SMILES string of the molecule is Cc1ccncc1-c1noc(-c2ccc(N)cc2F)n1. The molecule has 0 amide bonds. The van der Waals surface area contributed by atoms with Crippen LogP contribution in [0.3, 0.4) is 0 Å². The highest BCUT2D eigenvalue weighted by Crippen LogP contribution is 2.26. The van der Waals surface area contributed by atoms with E-state index in [1.807, 2.05) is 13.0 Å². The lowest BCUT2D eigenvalue weighted by molar-refractivity contribution is 0.429. The van der Waals surface area contributed by atoms with Crippen molar-refractivity contribution in [3.05, 3.63) is 48.0 Å². The van der Waals surface area contributed by atoms with Gasteiger partial charge in [-0.15, -0.1) is 0 Å². The van der Waals surface area contributed by atoms with Crippen LogP contribution in [0.4, 0.5) is 10.1 Å². The third-order valence-electron chi connectivity index (χ3n) is 2.93. The number of aryl methyl sites for hydroxylation is 1. The largest absolute Gasteiger partial charge is 0.399 e. The zero-order chi connectivity index (χ0) is 14.1. The van der Waals surface area contributed by atoms with Gasteiger partial charge in [0.1, 0.15) is 5.82 Å². The molecule has 100 valence electrons. The molecule has 0 saturated carbocycles. The van der Waals surface area contributed by atoms with Crippen LogP contribution in [0.25, 0.3) is 22.8 Å². The van der Waals surface area contributed by atoms with E-state index < -0.39 is 5.82 Å². The van der Waals surface area contributed by atoms with Crippen molar-refractivity contribution in [2.45, 2.75) is 6.92 Å². The summed E-state index contributed by atoms with van der Waals surface area (Å²) in [5.74, 6) is -0.00862. The van der Waals surface area contributed by atoms with Crippen LogP contribution in [0.1, 0.15) is 5.56 Å². The Morgan fingerprint density at radius 1 is 1.20 bits per heavy atom. The number of hydrogen-bond donors (Lipinski definition) is 1. The maximum Gasteiger partial charge on any atom is 0.261 e. The van der Waals surface area contributed by atoms with Crippen molar-refractivity contribution in [1.82, 2.24) is 15.1 Å². The molecule has 0 aliphatic heterocycles. The predicted octanol–water partition coefficient (Wildman–Crippen LogP) is 2.83. The first kappa shape index (κ1) is 12.3. The Morgan fingerprint density at radius 2 is 2.05 bits per heavy atom. The quantitative estimate of drug-likeness (QED) is 0.724. The van der Waals surface area contributed by atoms with Crippen LogP contribution in [-0.2, 0) is 0 Å². The first-order chi connectivity index (χ1) is 9.65. The molecular formula is C14H11FN4O. The van der Waals surface area contributed by atoms with E-state index in [-0.39, 0.29) is 11.5 Å². The Balaban J connectivity index is 2.04. The first-order valence-electron chi connectivity index (χ1n) is 5.95. The molecule has 1 aromatic carbocycles. The molecular weight excluding hydrogens is 259 g/mol. The molecule has 0 atom stereocenters. The van der Waals surface area contributed by atoms with E-state index in [0.29, 0.717) is 11.5 Å². The van der Waals surface area contributed by atoms with E-state index in [1.54, 1.807) is 18.5 Å². The van der Waals surface area contributed by atoms with E-state index in [4.69, 9.17) is 10.3 Å². The number of pyridine rings is 1. The van der Waals surface area contributed by atoms with Crippen LogP contribution in [0, 0.1) is 12.7 Å². The third-order valence-corrected chi connectivity index (χ3v) is 2.93. The van der Waals surface area contributed by atoms with Crippen molar-refractivity contribution in [2.24, 2.45) is 0 Å². The zero-order valence-corrected chi connectivity index (χ0v) is 10.7. The third kappa shape index (κ3) is 2.11. The van der Waals surface area contributed by atoms with Gasteiger partial charge in [0.25, 0.3) is 5.89 Å². The Morgan fingerprint density at radius 3 is 2.80 bits per heavy atom. The number of nitrogen functional groups attached to an aromatic ring is 1. The van der Waals surface area contributed by atoms with Crippen LogP contribution in [-0.4, -0.2) is 15.1 Å². The number of nitrogens with two attached hydrogens (primary N) is 1. The summed E-state index contributed by atoms with van der Waals surface area (Å²) in [6.45, 7) is 1.91. The van der Waals surface area contributed by atoms with Gasteiger partial charge in [-0.05, 0) is 36.8 Å². The molecule has 0 aliphatic rings. The molecule has 6 heteroatoms. The maximum atomic E-state index is 13.8. The predicted molar refractivity (Wildman–Crippen MR) is 72.1 cm³/mol. The monoisotopic (exact) mass is 270 g/mol. The van der Waals surface area contributed by atoms with Crippen LogP contribution in [0.5, 0.6) is 0 Å². The summed E-state index contributed by atoms with van der Waals surface area (Å²) < 4.78 is 18.9. The van der Waals surface area contributed by atoms with Gasteiger partial charge in [0.05, 0.1) is 5.56 Å². The topological polar surface area (TPSA) is 77.8 Å². The van der Waals surface area contributed by atoms with E-state index in [2.05, 4.69) is 15.1 Å². The van der Waals surface area contributed by atoms with E-state index in [1.165, 1.54) is 12.1 Å². The minimum atomic E-state index is -0.497. The van der Waals surface area contributed by atoms with Crippen molar-refractivity contribution in [2.75, 3.05) is 5.73 Å². The minimum Gasteiger partial charge on any atom is -0.399 e. The maximum absolute atomic E-state index is 13.8. The van der Waals surface area contributed by atoms with E-state index >= 15 is 0 Å². The number of benzene rings is 1. The smallest absolute Gasteiger partial charge is 0.261 e. The van der Waals surface area contributed by atoms with Crippen LogP contribution in [0.2, 0.25) is 0 Å². The number of aromatic nitrogens is 3. The molecule has 0 radical (unpaired) electrons. The van der Waals surface area contributed by atoms with Crippen molar-refractivity contribution in [1.29, 1.82) is 0 Å². The molecule has 0 unspecified atom stereocenters. The molecule has 0 saturated heterocycles. The van der Waals surface area contributed by atoms with Crippen molar-refractivity contribution in [3.8, 4) is 22.8 Å². The summed E-state index contributed by atoms with van der Waals surface area (Å²) in [4.78, 5) is 8.22. The van der Waals surface area contributed by atoms with Gasteiger partial charge in [-0.1, -0.05) is 5.16 Å². The van der Waals surface area contributed by atoms with Crippen LogP contribution >= 0.6 is 0 Å². The highest BCUT2D eigenvalue weighted by atomic mass is 19.1. The average molecular weight is 270 g/mol. The highest BCUT2D eigenvalue weighted by Gasteiger charge is 2.15. The van der Waals surface area contributed by atoms with E-state index in [9.17, 15) is 4.39 Å². The number of rotatable bonds is 2. The standard InChI is InChI=1S/C14H11FN4O/c1-8-4-5-17-7-11(8)13-18-14(20-19-13)10-3-2-9(16)6-12(10)15/h2-7H,16H2,1H3. The molecule has 0 bridgehead atoms. The summed E-state index contributed by atoms with van der Waals surface area (Å²) in [7, 11) is 0. The second kappa shape index (κ2) is 4.73. The minimum absolute atomic E-state index is 0.112. The molecule has 0 aliphatic carbocycles. The van der Waals surface area contributed by atoms with Gasteiger partial charge in [-0.25, -0.2) is 4.39 Å². The Bertz CT molecular complexity index is 769. The van der Waals surface area contributed by atoms with Gasteiger partial charge in [-0.3, -0.25) is 4.98 Å². The Hall–Kier alpha value is -2.76. The van der Waals surface area contributed by atoms with Gasteiger partial charge < -0.3 is 10.3 Å². The second-order valence-corrected chi connectivity index (χ2v) is 4.35. The normalized spacial score (nSPS) is 10.7. The van der Waals surface area contributed by atoms with E-state index in [0.717, 1.165) is 11.1 Å². The summed E-state index contributed by atoms with van der Waals surface area (Å²) in [5.41, 5.74) is 7.78. The van der Waals surface area contributed by atoms with Crippen LogP contribution in [0.15, 0.2) is 41.2 Å². The van der Waals surface area contributed by atoms with Crippen molar-refractivity contribution < 1.29 is 8.91 Å². The summed E-state index contributed by atoms with van der Waals surface area (Å²) in [6.07, 6.45) is 3.32. The van der Waals surface area contributed by atoms with Gasteiger partial charge in [-0.2, -0.15) is 4.98 Å². The number of halogens is 1. The fourth-order valence-electron chi connectivity index (χ4n) is 1.85. The van der Waals surface area contributed by atoms with Gasteiger partial charge in [0, 0.05) is 23.6 Å². The average Bonchev–Trinajstić information content (AvgIpc) is 2.88. The second-order valence-electron chi connectivity index (χ2n) is 4.35. The molecule has 20 heavy (non-hydrogen) atoms. The number of hydrogen-bond acceptors (Lipinski definition) is 5. The molecule has 2 heterocycles. The summed E-state index contributed by atoms with van der Waals surface area (Å²) in [5, 5.41) is 3.86. The lowest BCUT2D eigenvalue weighted by Crippen LogP contribution is -1.90. The fourth-order valence-corrected chi connectivity index (χ4v) is 1.85. The van der Waals surface area contributed by atoms with Gasteiger partial charge in [0.15, 0.2) is 0 Å². The lowest BCUT2D eigenvalue weighted by Gasteiger charge is -1.99. The highest BCUT2D eigenvalue weighted by molar-refractivity contribution is 5.63. The van der Waals surface area contributed by atoms with Crippen molar-refractivity contribution >= 4 is 5.69 Å². The van der Waals surface area contributed by atoms with Crippen molar-refractivity contribution in [3.63, 3.8) is 0 Å². The summed E-state index contributed by atoms with van der Waals surface area (Å²) >= 11 is 0. The molecule has 0 spiro atoms. The Labute approximate surface area is 114 Å². The molecule has 5 nitrogen and oxygen atoms in total. The number of nitrogens with zero attached hydrogens (tertiary/aromatic N) is 3. The molecule has 3 aromatic rings. The Kier molecular flexibility index (Phi) is 2.90. The fraction of sp³-hybridized carbons (Fsp3) is 0.0714. The first-order valence-corrected chi connectivity index (χ1v) is 5.95.